The monoisotopic (exact) mass is 121 g/mol. The standard InChI is InChI=1S/C5H3N3O/c9-4-8-5-1-6-3-7-2-5/h1-3H. The first-order chi connectivity index (χ1) is 4.43. The van der Waals surface area contributed by atoms with Crippen LogP contribution < -0.4 is 0 Å². The van der Waals surface area contributed by atoms with Crippen LogP contribution in [0.1, 0.15) is 0 Å². The smallest absolute Gasteiger partial charge is 0.240 e. The normalized spacial score (nSPS) is 8.00. The Hall–Kier alpha value is -1.54. The zero-order chi connectivity index (χ0) is 6.53. The summed E-state index contributed by atoms with van der Waals surface area (Å²) in [6.07, 6.45) is 5.60. The Labute approximate surface area is 51.3 Å². The molecule has 0 aliphatic rings. The van der Waals surface area contributed by atoms with Gasteiger partial charge in [-0.3, -0.25) is 0 Å². The number of isocyanates is 1. The van der Waals surface area contributed by atoms with Crippen molar-refractivity contribution in [2.24, 2.45) is 4.99 Å². The third-order valence-corrected chi connectivity index (χ3v) is 0.722. The van der Waals surface area contributed by atoms with Crippen molar-refractivity contribution < 1.29 is 4.79 Å². The SMILES string of the molecule is O=C=Nc1cncnc1. The topological polar surface area (TPSA) is 55.2 Å². The number of hydrogen-bond acceptors (Lipinski definition) is 4. The Balaban J connectivity index is 2.97. The molecule has 0 unspecified atom stereocenters. The van der Waals surface area contributed by atoms with E-state index in [4.69, 9.17) is 0 Å². The summed E-state index contributed by atoms with van der Waals surface area (Å²) in [5, 5.41) is 0. The van der Waals surface area contributed by atoms with E-state index in [1.807, 2.05) is 0 Å². The summed E-state index contributed by atoms with van der Waals surface area (Å²) in [7, 11) is 0. The van der Waals surface area contributed by atoms with Crippen molar-refractivity contribution in [1.29, 1.82) is 0 Å². The van der Waals surface area contributed by atoms with Crippen molar-refractivity contribution in [1.82, 2.24) is 9.97 Å². The zero-order valence-corrected chi connectivity index (χ0v) is 4.48. The Morgan fingerprint density at radius 2 is 2.11 bits per heavy atom. The second kappa shape index (κ2) is 2.69. The Bertz CT molecular complexity index is 227. The van der Waals surface area contributed by atoms with Gasteiger partial charge in [0, 0.05) is 0 Å². The van der Waals surface area contributed by atoms with Crippen molar-refractivity contribution in [2.75, 3.05) is 0 Å². The summed E-state index contributed by atoms with van der Waals surface area (Å²) in [4.78, 5) is 20.1. The molecule has 1 aromatic heterocycles. The number of aromatic nitrogens is 2. The lowest BCUT2D eigenvalue weighted by Gasteiger charge is -1.81. The molecule has 0 aliphatic carbocycles. The molecule has 0 amide bonds. The second-order valence-corrected chi connectivity index (χ2v) is 1.30. The number of rotatable bonds is 1. The summed E-state index contributed by atoms with van der Waals surface area (Å²) in [5.41, 5.74) is 0.424. The van der Waals surface area contributed by atoms with Crippen LogP contribution >= 0.6 is 0 Å². The molecule has 1 aromatic rings. The number of carbonyl (C=O) groups excluding carboxylic acids is 1. The molecule has 0 saturated carbocycles. The van der Waals surface area contributed by atoms with Crippen molar-refractivity contribution in [3.8, 4) is 0 Å². The first-order valence-electron chi connectivity index (χ1n) is 2.26. The maximum Gasteiger partial charge on any atom is 0.240 e. The molecule has 44 valence electrons. The van der Waals surface area contributed by atoms with Crippen molar-refractivity contribution in [3.63, 3.8) is 0 Å². The van der Waals surface area contributed by atoms with E-state index < -0.39 is 0 Å². The van der Waals surface area contributed by atoms with Crippen LogP contribution in [0.15, 0.2) is 23.7 Å². The molecule has 1 heterocycles. The molecule has 1 rings (SSSR count). The average molecular weight is 121 g/mol. The minimum absolute atomic E-state index is 0.424. The van der Waals surface area contributed by atoms with Crippen LogP contribution in [0, 0.1) is 0 Å². The first-order valence-corrected chi connectivity index (χ1v) is 2.26. The molecule has 0 saturated heterocycles. The van der Waals surface area contributed by atoms with Gasteiger partial charge in [0.25, 0.3) is 0 Å². The molecule has 0 aromatic carbocycles. The fourth-order valence-corrected chi connectivity index (χ4v) is 0.402. The van der Waals surface area contributed by atoms with E-state index in [2.05, 4.69) is 15.0 Å². The highest BCUT2D eigenvalue weighted by Gasteiger charge is 1.82. The highest BCUT2D eigenvalue weighted by atomic mass is 16.1. The van der Waals surface area contributed by atoms with Gasteiger partial charge >= 0.3 is 0 Å². The molecule has 9 heavy (non-hydrogen) atoms. The fourth-order valence-electron chi connectivity index (χ4n) is 0.402. The van der Waals surface area contributed by atoms with Crippen LogP contribution in [-0.4, -0.2) is 16.0 Å². The molecule has 4 heteroatoms. The minimum Gasteiger partial charge on any atom is -0.243 e. The summed E-state index contributed by atoms with van der Waals surface area (Å²) >= 11 is 0. The second-order valence-electron chi connectivity index (χ2n) is 1.30. The Morgan fingerprint density at radius 3 is 2.67 bits per heavy atom. The maximum atomic E-state index is 9.63. The summed E-state index contributed by atoms with van der Waals surface area (Å²) in [6, 6.07) is 0. The van der Waals surface area contributed by atoms with E-state index in [1.54, 1.807) is 0 Å². The molecule has 4 nitrogen and oxygen atoms in total. The molecule has 0 bridgehead atoms. The molecule has 0 spiro atoms. The van der Waals surface area contributed by atoms with Crippen LogP contribution in [0.25, 0.3) is 0 Å². The number of aliphatic imine (C=N–C) groups is 1. The van der Waals surface area contributed by atoms with Crippen LogP contribution in [0.5, 0.6) is 0 Å². The summed E-state index contributed by atoms with van der Waals surface area (Å²) in [5.74, 6) is 0. The quantitative estimate of drug-likeness (QED) is 0.400. The van der Waals surface area contributed by atoms with E-state index in [1.165, 1.54) is 24.8 Å². The number of hydrogen-bond donors (Lipinski definition) is 0. The molecule has 0 radical (unpaired) electrons. The van der Waals surface area contributed by atoms with E-state index in [9.17, 15) is 4.79 Å². The Kier molecular flexibility index (Phi) is 1.67. The molecule has 0 atom stereocenters. The summed E-state index contributed by atoms with van der Waals surface area (Å²) in [6.45, 7) is 0. The molecule has 0 N–H and O–H groups in total. The van der Waals surface area contributed by atoms with Crippen molar-refractivity contribution in [2.45, 2.75) is 0 Å². The zero-order valence-electron chi connectivity index (χ0n) is 4.48. The van der Waals surface area contributed by atoms with Gasteiger partial charge in [0.05, 0.1) is 12.4 Å². The van der Waals surface area contributed by atoms with E-state index in [0.717, 1.165) is 0 Å². The highest BCUT2D eigenvalue weighted by Crippen LogP contribution is 2.02. The lowest BCUT2D eigenvalue weighted by atomic mass is 10.6. The largest absolute Gasteiger partial charge is 0.243 e. The third-order valence-electron chi connectivity index (χ3n) is 0.722. The lowest BCUT2D eigenvalue weighted by Crippen LogP contribution is -1.71. The third kappa shape index (κ3) is 1.44. The van der Waals surface area contributed by atoms with Gasteiger partial charge in [-0.05, 0) is 0 Å². The van der Waals surface area contributed by atoms with Gasteiger partial charge in [0.15, 0.2) is 0 Å². The van der Waals surface area contributed by atoms with Crippen LogP contribution in [0.2, 0.25) is 0 Å². The van der Waals surface area contributed by atoms with Gasteiger partial charge in [-0.15, -0.1) is 0 Å². The van der Waals surface area contributed by atoms with Gasteiger partial charge in [-0.2, -0.15) is 4.99 Å². The predicted molar refractivity (Wildman–Crippen MR) is 29.8 cm³/mol. The van der Waals surface area contributed by atoms with E-state index >= 15 is 0 Å². The predicted octanol–water partition coefficient (Wildman–Crippen LogP) is 0.444. The Morgan fingerprint density at radius 1 is 1.44 bits per heavy atom. The molecule has 0 aliphatic heterocycles. The summed E-state index contributed by atoms with van der Waals surface area (Å²) < 4.78 is 0. The van der Waals surface area contributed by atoms with E-state index in [-0.39, 0.29) is 0 Å². The van der Waals surface area contributed by atoms with Crippen LogP contribution in [0.4, 0.5) is 5.69 Å². The fraction of sp³-hybridized carbons (Fsp3) is 0. The molecule has 0 fully saturated rings. The van der Waals surface area contributed by atoms with Gasteiger partial charge in [0.2, 0.25) is 6.08 Å². The van der Waals surface area contributed by atoms with Gasteiger partial charge in [-0.1, -0.05) is 0 Å². The van der Waals surface area contributed by atoms with Crippen LogP contribution in [0.3, 0.4) is 0 Å². The first kappa shape index (κ1) is 5.59. The van der Waals surface area contributed by atoms with Gasteiger partial charge < -0.3 is 0 Å². The average Bonchev–Trinajstić information content (AvgIpc) is 1.91. The van der Waals surface area contributed by atoms with Crippen molar-refractivity contribution in [3.05, 3.63) is 18.7 Å². The van der Waals surface area contributed by atoms with Gasteiger partial charge in [-0.25, -0.2) is 14.8 Å². The lowest BCUT2D eigenvalue weighted by molar-refractivity contribution is 0.565. The van der Waals surface area contributed by atoms with E-state index in [0.29, 0.717) is 5.69 Å². The minimum atomic E-state index is 0.424. The highest BCUT2D eigenvalue weighted by molar-refractivity contribution is 5.45. The molecular weight excluding hydrogens is 118 g/mol. The van der Waals surface area contributed by atoms with Crippen LogP contribution in [-0.2, 0) is 4.79 Å². The van der Waals surface area contributed by atoms with Gasteiger partial charge in [0.1, 0.15) is 12.0 Å². The van der Waals surface area contributed by atoms with Crippen molar-refractivity contribution >= 4 is 11.8 Å². The number of nitrogens with zero attached hydrogens (tertiary/aromatic N) is 3. The molecular formula is C5H3N3O. The maximum absolute atomic E-state index is 9.63.